The molecule has 0 saturated heterocycles. The van der Waals surface area contributed by atoms with Gasteiger partial charge in [0.15, 0.2) is 0 Å². The van der Waals surface area contributed by atoms with Gasteiger partial charge in [-0.2, -0.15) is 5.26 Å². The fraction of sp³-hybridized carbons (Fsp3) is 0.308. The maximum atomic E-state index is 8.65. The second-order valence-corrected chi connectivity index (χ2v) is 4.10. The predicted molar refractivity (Wildman–Crippen MR) is 65.0 cm³/mol. The molecule has 1 heterocycles. The summed E-state index contributed by atoms with van der Waals surface area (Å²) in [6.45, 7) is 3.35. The molecule has 82 valence electrons. The molecular weight excluding hydrogens is 198 g/mol. The molecule has 0 atom stereocenters. The third-order valence-corrected chi connectivity index (χ3v) is 2.80. The Morgan fingerprint density at radius 3 is 2.88 bits per heavy atom. The number of hydrogen-bond acceptors (Lipinski definition) is 2. The summed E-state index contributed by atoms with van der Waals surface area (Å²) in [4.78, 5) is 5.38. The van der Waals surface area contributed by atoms with E-state index in [1.54, 1.807) is 0 Å². The van der Waals surface area contributed by atoms with Gasteiger partial charge >= 0.3 is 0 Å². The van der Waals surface area contributed by atoms with Gasteiger partial charge < -0.3 is 4.98 Å². The van der Waals surface area contributed by atoms with Crippen molar-refractivity contribution in [3.8, 4) is 6.07 Å². The van der Waals surface area contributed by atoms with E-state index in [0.717, 1.165) is 6.54 Å². The van der Waals surface area contributed by atoms with E-state index in [1.807, 2.05) is 24.1 Å². The minimum Gasteiger partial charge on any atom is -0.358 e. The average Bonchev–Trinajstić information content (AvgIpc) is 2.56. The molecule has 2 rings (SSSR count). The van der Waals surface area contributed by atoms with E-state index in [-0.39, 0.29) is 0 Å². The monoisotopic (exact) mass is 213 g/mol. The molecule has 0 unspecified atom stereocenters. The third-order valence-electron chi connectivity index (χ3n) is 2.80. The van der Waals surface area contributed by atoms with Crippen molar-refractivity contribution in [3.63, 3.8) is 0 Å². The number of para-hydroxylation sites is 1. The van der Waals surface area contributed by atoms with Gasteiger partial charge in [0, 0.05) is 23.1 Å². The van der Waals surface area contributed by atoms with Crippen LogP contribution in [0.15, 0.2) is 24.3 Å². The Labute approximate surface area is 95.3 Å². The summed E-state index contributed by atoms with van der Waals surface area (Å²) in [6, 6.07) is 10.4. The molecule has 1 N–H and O–H groups in total. The van der Waals surface area contributed by atoms with Crippen LogP contribution < -0.4 is 0 Å². The van der Waals surface area contributed by atoms with Crippen molar-refractivity contribution < 1.29 is 0 Å². The van der Waals surface area contributed by atoms with Crippen LogP contribution in [-0.2, 0) is 6.54 Å². The second kappa shape index (κ2) is 4.38. The molecule has 0 fully saturated rings. The minimum absolute atomic E-state index is 0.457. The van der Waals surface area contributed by atoms with Crippen molar-refractivity contribution in [2.24, 2.45) is 0 Å². The number of fused-ring (bicyclic) bond motifs is 1. The average molecular weight is 213 g/mol. The SMILES string of the molecule is Cc1[nH]c2ccccc2c1CN(C)CC#N. The van der Waals surface area contributed by atoms with E-state index in [2.05, 4.69) is 30.1 Å². The number of aryl methyl sites for hydroxylation is 1. The summed E-state index contributed by atoms with van der Waals surface area (Å²) >= 11 is 0. The zero-order valence-corrected chi connectivity index (χ0v) is 9.62. The smallest absolute Gasteiger partial charge is 0.0866 e. The van der Waals surface area contributed by atoms with E-state index in [0.29, 0.717) is 6.54 Å². The lowest BCUT2D eigenvalue weighted by molar-refractivity contribution is 0.368. The maximum absolute atomic E-state index is 8.65. The number of hydrogen-bond donors (Lipinski definition) is 1. The predicted octanol–water partition coefficient (Wildman–Crippen LogP) is 2.43. The van der Waals surface area contributed by atoms with Gasteiger partial charge in [-0.15, -0.1) is 0 Å². The number of aromatic amines is 1. The van der Waals surface area contributed by atoms with Gasteiger partial charge in [-0.3, -0.25) is 4.90 Å². The minimum atomic E-state index is 0.457. The lowest BCUT2D eigenvalue weighted by Gasteiger charge is -2.12. The Balaban J connectivity index is 2.37. The van der Waals surface area contributed by atoms with Crippen molar-refractivity contribution in [2.45, 2.75) is 13.5 Å². The fourth-order valence-corrected chi connectivity index (χ4v) is 1.99. The molecule has 1 aromatic carbocycles. The molecule has 0 amide bonds. The topological polar surface area (TPSA) is 42.8 Å². The van der Waals surface area contributed by atoms with Crippen LogP contribution >= 0.6 is 0 Å². The van der Waals surface area contributed by atoms with Crippen molar-refractivity contribution >= 4 is 10.9 Å². The molecule has 0 aliphatic carbocycles. The fourth-order valence-electron chi connectivity index (χ4n) is 1.99. The molecule has 0 aliphatic heterocycles. The molecule has 0 spiro atoms. The zero-order chi connectivity index (χ0) is 11.5. The standard InChI is InChI=1S/C13H15N3/c1-10-12(9-16(2)8-7-14)11-5-3-4-6-13(11)15-10/h3-6,15H,8-9H2,1-2H3. The Morgan fingerprint density at radius 2 is 2.12 bits per heavy atom. The van der Waals surface area contributed by atoms with Crippen molar-refractivity contribution in [3.05, 3.63) is 35.5 Å². The van der Waals surface area contributed by atoms with Crippen LogP contribution in [0.1, 0.15) is 11.3 Å². The number of aromatic nitrogens is 1. The first kappa shape index (κ1) is 10.7. The van der Waals surface area contributed by atoms with Gasteiger partial charge in [-0.1, -0.05) is 18.2 Å². The van der Waals surface area contributed by atoms with Crippen LogP contribution in [0, 0.1) is 18.3 Å². The van der Waals surface area contributed by atoms with Crippen molar-refractivity contribution in [1.29, 1.82) is 5.26 Å². The van der Waals surface area contributed by atoms with Crippen LogP contribution in [0.5, 0.6) is 0 Å². The maximum Gasteiger partial charge on any atom is 0.0866 e. The first-order valence-corrected chi connectivity index (χ1v) is 5.34. The zero-order valence-electron chi connectivity index (χ0n) is 9.62. The van der Waals surface area contributed by atoms with Gasteiger partial charge in [-0.05, 0) is 25.6 Å². The molecule has 2 aromatic rings. The van der Waals surface area contributed by atoms with Gasteiger partial charge in [0.25, 0.3) is 0 Å². The lowest BCUT2D eigenvalue weighted by atomic mass is 10.1. The highest BCUT2D eigenvalue weighted by atomic mass is 15.1. The van der Waals surface area contributed by atoms with E-state index >= 15 is 0 Å². The molecule has 1 aromatic heterocycles. The van der Waals surface area contributed by atoms with Crippen LogP contribution in [0.25, 0.3) is 10.9 Å². The van der Waals surface area contributed by atoms with Crippen LogP contribution in [0.2, 0.25) is 0 Å². The Hall–Kier alpha value is -1.79. The Morgan fingerprint density at radius 1 is 1.38 bits per heavy atom. The third kappa shape index (κ3) is 1.93. The molecule has 0 aliphatic rings. The number of benzene rings is 1. The van der Waals surface area contributed by atoms with E-state index < -0.39 is 0 Å². The summed E-state index contributed by atoms with van der Waals surface area (Å²) in [5, 5.41) is 9.90. The summed E-state index contributed by atoms with van der Waals surface area (Å²) < 4.78 is 0. The summed E-state index contributed by atoms with van der Waals surface area (Å²) in [6.07, 6.45) is 0. The first-order chi connectivity index (χ1) is 7.72. The van der Waals surface area contributed by atoms with Gasteiger partial charge in [0.1, 0.15) is 0 Å². The normalized spacial score (nSPS) is 10.9. The van der Waals surface area contributed by atoms with Gasteiger partial charge in [0.2, 0.25) is 0 Å². The van der Waals surface area contributed by atoms with Crippen LogP contribution in [0.4, 0.5) is 0 Å². The van der Waals surface area contributed by atoms with Gasteiger partial charge in [0.05, 0.1) is 12.6 Å². The molecule has 3 heteroatoms. The van der Waals surface area contributed by atoms with Crippen LogP contribution in [0.3, 0.4) is 0 Å². The summed E-state index contributed by atoms with van der Waals surface area (Å²) in [5.74, 6) is 0. The van der Waals surface area contributed by atoms with E-state index in [4.69, 9.17) is 5.26 Å². The van der Waals surface area contributed by atoms with E-state index in [9.17, 15) is 0 Å². The molecule has 16 heavy (non-hydrogen) atoms. The van der Waals surface area contributed by atoms with Crippen molar-refractivity contribution in [1.82, 2.24) is 9.88 Å². The number of H-pyrrole nitrogens is 1. The number of nitrogens with zero attached hydrogens (tertiary/aromatic N) is 2. The number of rotatable bonds is 3. The molecular formula is C13H15N3. The lowest BCUT2D eigenvalue weighted by Crippen LogP contribution is -2.18. The first-order valence-electron chi connectivity index (χ1n) is 5.34. The number of nitrogens with one attached hydrogen (secondary N) is 1. The molecule has 0 bridgehead atoms. The number of nitriles is 1. The summed E-state index contributed by atoms with van der Waals surface area (Å²) in [5.41, 5.74) is 3.64. The van der Waals surface area contributed by atoms with Crippen LogP contribution in [-0.4, -0.2) is 23.5 Å². The summed E-state index contributed by atoms with van der Waals surface area (Å²) in [7, 11) is 1.96. The highest BCUT2D eigenvalue weighted by molar-refractivity contribution is 5.84. The largest absolute Gasteiger partial charge is 0.358 e. The van der Waals surface area contributed by atoms with Crippen molar-refractivity contribution in [2.75, 3.05) is 13.6 Å². The quantitative estimate of drug-likeness (QED) is 0.796. The van der Waals surface area contributed by atoms with Gasteiger partial charge in [-0.25, -0.2) is 0 Å². The Bertz CT molecular complexity index is 534. The molecule has 0 radical (unpaired) electrons. The molecule has 3 nitrogen and oxygen atoms in total. The molecule has 0 saturated carbocycles. The highest BCUT2D eigenvalue weighted by Crippen LogP contribution is 2.22. The Kier molecular flexibility index (Phi) is 2.93. The van der Waals surface area contributed by atoms with E-state index in [1.165, 1.54) is 22.2 Å². The highest BCUT2D eigenvalue weighted by Gasteiger charge is 2.09. The second-order valence-electron chi connectivity index (χ2n) is 4.10.